The van der Waals surface area contributed by atoms with Gasteiger partial charge in [0.25, 0.3) is 10.0 Å². The van der Waals surface area contributed by atoms with Crippen LogP contribution < -0.4 is 14.5 Å². The molecule has 0 unspecified atom stereocenters. The minimum Gasteiger partial charge on any atom is -0.433 e. The van der Waals surface area contributed by atoms with Crippen LogP contribution >= 0.6 is 0 Å². The average molecular weight is 648 g/mol. The van der Waals surface area contributed by atoms with Crippen molar-refractivity contribution in [3.05, 3.63) is 71.9 Å². The molecule has 0 spiro atoms. The van der Waals surface area contributed by atoms with Gasteiger partial charge in [-0.15, -0.1) is 0 Å². The standard InChI is InChI=1S/C27H27F6N5O5S/c1-37(2)22-11-17(16-4-3-5-18(10-16)27(31,32)33)6-7-20(22)36-21-12-19(28)24(13-23(21)43-26(29)30)44(40,41)38(42-15-39)25-8-9-34-14-35-25/h3-5,8-10,12-15,17,20,22,26,36H,6-7,11H2,1-2H3/t17-,20-,22-/m0/s1. The van der Waals surface area contributed by atoms with E-state index in [-0.39, 0.29) is 28.6 Å². The zero-order valence-electron chi connectivity index (χ0n) is 23.2. The van der Waals surface area contributed by atoms with Gasteiger partial charge in [-0.1, -0.05) is 22.7 Å². The molecule has 0 saturated heterocycles. The maximum Gasteiger partial charge on any atom is 0.416 e. The van der Waals surface area contributed by atoms with Gasteiger partial charge in [0.1, 0.15) is 17.0 Å². The molecule has 10 nitrogen and oxygen atoms in total. The first-order chi connectivity index (χ1) is 20.7. The molecule has 3 aromatic rings. The van der Waals surface area contributed by atoms with Gasteiger partial charge in [0.15, 0.2) is 11.6 Å². The number of hydrogen-bond acceptors (Lipinski definition) is 9. The fourth-order valence-electron chi connectivity index (χ4n) is 5.15. The van der Waals surface area contributed by atoms with Crippen LogP contribution in [-0.2, 0) is 25.8 Å². The minimum atomic E-state index is -5.06. The minimum absolute atomic E-state index is 0.00349. The number of rotatable bonds is 11. The second kappa shape index (κ2) is 13.3. The Morgan fingerprint density at radius 3 is 2.48 bits per heavy atom. The lowest BCUT2D eigenvalue weighted by molar-refractivity contribution is -0.137. The Hall–Kier alpha value is -4.12. The summed E-state index contributed by atoms with van der Waals surface area (Å²) in [6.45, 7) is -3.68. The molecule has 238 valence electrons. The van der Waals surface area contributed by atoms with Crippen molar-refractivity contribution in [3.63, 3.8) is 0 Å². The molecule has 3 atom stereocenters. The number of alkyl halides is 5. The van der Waals surface area contributed by atoms with Crippen molar-refractivity contribution >= 4 is 28.0 Å². The second-order valence-corrected chi connectivity index (χ2v) is 11.8. The van der Waals surface area contributed by atoms with Crippen LogP contribution in [0.2, 0.25) is 0 Å². The second-order valence-electron chi connectivity index (χ2n) is 10.1. The van der Waals surface area contributed by atoms with Gasteiger partial charge in [0.2, 0.25) is 0 Å². The molecule has 1 N–H and O–H groups in total. The first kappa shape index (κ1) is 32.8. The predicted molar refractivity (Wildman–Crippen MR) is 145 cm³/mol. The third-order valence-electron chi connectivity index (χ3n) is 7.14. The van der Waals surface area contributed by atoms with Crippen molar-refractivity contribution in [1.29, 1.82) is 0 Å². The fraction of sp³-hybridized carbons (Fsp3) is 0.370. The number of carbonyl (C=O) groups is 1. The van der Waals surface area contributed by atoms with Crippen molar-refractivity contribution in [2.45, 2.75) is 54.9 Å². The first-order valence-electron chi connectivity index (χ1n) is 13.0. The molecule has 0 amide bonds. The summed E-state index contributed by atoms with van der Waals surface area (Å²) >= 11 is 0. The summed E-state index contributed by atoms with van der Waals surface area (Å²) in [4.78, 5) is 23.5. The number of likely N-dealkylation sites (N-methyl/N-ethyl adjacent to an activating group) is 1. The summed E-state index contributed by atoms with van der Waals surface area (Å²) in [7, 11) is -1.59. The van der Waals surface area contributed by atoms with Crippen LogP contribution in [0.1, 0.15) is 36.3 Å². The van der Waals surface area contributed by atoms with Crippen molar-refractivity contribution in [3.8, 4) is 5.75 Å². The van der Waals surface area contributed by atoms with Gasteiger partial charge >= 0.3 is 19.3 Å². The SMILES string of the molecule is CN(C)[C@H]1C[C@@H](c2cccc(C(F)(F)F)c2)CC[C@@H]1Nc1cc(F)c(S(=O)(=O)N(OC=O)c2ccncn2)cc1OC(F)F. The van der Waals surface area contributed by atoms with Crippen molar-refractivity contribution in [1.82, 2.24) is 14.9 Å². The maximum absolute atomic E-state index is 15.4. The third kappa shape index (κ3) is 7.32. The van der Waals surface area contributed by atoms with Gasteiger partial charge in [-0.25, -0.2) is 14.4 Å². The number of hydrogen-bond donors (Lipinski definition) is 1. The number of nitrogens with zero attached hydrogens (tertiary/aromatic N) is 4. The Morgan fingerprint density at radius 2 is 1.86 bits per heavy atom. The lowest BCUT2D eigenvalue weighted by atomic mass is 9.78. The number of anilines is 2. The third-order valence-corrected chi connectivity index (χ3v) is 8.72. The van der Waals surface area contributed by atoms with Crippen LogP contribution in [0.4, 0.5) is 37.8 Å². The predicted octanol–water partition coefficient (Wildman–Crippen LogP) is 5.20. The molecule has 0 bridgehead atoms. The highest BCUT2D eigenvalue weighted by molar-refractivity contribution is 7.92. The highest BCUT2D eigenvalue weighted by Crippen LogP contribution is 2.40. The van der Waals surface area contributed by atoms with Crippen molar-refractivity contribution in [2.75, 3.05) is 23.9 Å². The van der Waals surface area contributed by atoms with Gasteiger partial charge in [-0.05, 0) is 50.9 Å². The number of benzene rings is 2. The normalized spacial score (nSPS) is 19.1. The van der Waals surface area contributed by atoms with Gasteiger partial charge in [0, 0.05) is 36.5 Å². The molecule has 1 aliphatic carbocycles. The summed E-state index contributed by atoms with van der Waals surface area (Å²) < 4.78 is 113. The molecule has 1 aliphatic rings. The average Bonchev–Trinajstić information content (AvgIpc) is 2.97. The lowest BCUT2D eigenvalue weighted by Crippen LogP contribution is -2.47. The Morgan fingerprint density at radius 1 is 1.11 bits per heavy atom. The van der Waals surface area contributed by atoms with Gasteiger partial charge in [0.05, 0.1) is 11.3 Å². The van der Waals surface area contributed by atoms with Crippen LogP contribution in [0.5, 0.6) is 5.75 Å². The summed E-state index contributed by atoms with van der Waals surface area (Å²) in [6, 6.07) is 6.40. The number of carbonyl (C=O) groups excluding carboxylic acids is 1. The highest BCUT2D eigenvalue weighted by atomic mass is 32.2. The molecule has 2 aromatic carbocycles. The van der Waals surface area contributed by atoms with Gasteiger partial charge in [-0.3, -0.25) is 4.79 Å². The number of sulfonamides is 1. The van der Waals surface area contributed by atoms with Gasteiger partial charge in [-0.2, -0.15) is 30.4 Å². The fourth-order valence-corrected chi connectivity index (χ4v) is 6.39. The molecule has 1 heterocycles. The lowest BCUT2D eigenvalue weighted by Gasteiger charge is -2.41. The van der Waals surface area contributed by atoms with E-state index in [2.05, 4.69) is 24.9 Å². The molecule has 17 heteroatoms. The van der Waals surface area contributed by atoms with E-state index in [1.54, 1.807) is 25.1 Å². The number of nitrogens with one attached hydrogen (secondary N) is 1. The monoisotopic (exact) mass is 647 g/mol. The molecule has 1 saturated carbocycles. The molecule has 0 aliphatic heterocycles. The largest absolute Gasteiger partial charge is 0.433 e. The smallest absolute Gasteiger partial charge is 0.416 e. The topological polar surface area (TPSA) is 114 Å². The van der Waals surface area contributed by atoms with Crippen LogP contribution in [0.25, 0.3) is 0 Å². The van der Waals surface area contributed by atoms with Crippen LogP contribution in [-0.4, -0.2) is 62.5 Å². The zero-order valence-corrected chi connectivity index (χ0v) is 24.0. The molecule has 1 aromatic heterocycles. The Balaban J connectivity index is 1.65. The number of aromatic nitrogens is 2. The molecular formula is C27H27F6N5O5S. The van der Waals surface area contributed by atoms with Crippen molar-refractivity contribution < 1.29 is 49.1 Å². The molecule has 0 radical (unpaired) electrons. The maximum atomic E-state index is 15.4. The van der Waals surface area contributed by atoms with Crippen LogP contribution in [0.15, 0.2) is 59.9 Å². The Labute approximate surface area is 248 Å². The molecule has 4 rings (SSSR count). The van der Waals surface area contributed by atoms with E-state index in [9.17, 15) is 35.2 Å². The van der Waals surface area contributed by atoms with Crippen LogP contribution in [0.3, 0.4) is 0 Å². The van der Waals surface area contributed by atoms with E-state index in [4.69, 9.17) is 0 Å². The summed E-state index contributed by atoms with van der Waals surface area (Å²) in [5, 5.41) is 2.96. The highest BCUT2D eigenvalue weighted by Gasteiger charge is 2.37. The summed E-state index contributed by atoms with van der Waals surface area (Å²) in [6.07, 6.45) is -1.32. The van der Waals surface area contributed by atoms with E-state index in [0.29, 0.717) is 37.0 Å². The van der Waals surface area contributed by atoms with Crippen LogP contribution in [0, 0.1) is 5.82 Å². The number of ether oxygens (including phenoxy) is 1. The zero-order chi connectivity index (χ0) is 32.2. The number of halogens is 6. The van der Waals surface area contributed by atoms with E-state index in [1.165, 1.54) is 6.07 Å². The van der Waals surface area contributed by atoms with E-state index in [0.717, 1.165) is 30.7 Å². The first-order valence-corrected chi connectivity index (χ1v) is 14.5. The summed E-state index contributed by atoms with van der Waals surface area (Å²) in [5.41, 5.74) is -0.563. The quantitative estimate of drug-likeness (QED) is 0.171. The molecule has 44 heavy (non-hydrogen) atoms. The van der Waals surface area contributed by atoms with Gasteiger partial charge < -0.3 is 19.8 Å². The Kier molecular flexibility index (Phi) is 9.88. The van der Waals surface area contributed by atoms with Crippen molar-refractivity contribution in [2.24, 2.45) is 0 Å². The van der Waals surface area contributed by atoms with E-state index < -0.39 is 56.7 Å². The Bertz CT molecular complexity index is 1560. The molecule has 1 fully saturated rings. The van der Waals surface area contributed by atoms with E-state index in [1.807, 2.05) is 0 Å². The van der Waals surface area contributed by atoms with E-state index >= 15 is 4.39 Å². The summed E-state index contributed by atoms with van der Waals surface area (Å²) in [5.74, 6) is -2.83. The molecular weight excluding hydrogens is 620 g/mol.